The second-order valence-corrected chi connectivity index (χ2v) is 6.43. The molecule has 2 rings (SSSR count). The molecule has 22 heavy (non-hydrogen) atoms. The average molecular weight is 320 g/mol. The van der Waals surface area contributed by atoms with Crippen LogP contribution in [0.25, 0.3) is 0 Å². The van der Waals surface area contributed by atoms with Crippen LogP contribution in [-0.4, -0.2) is 33.8 Å². The van der Waals surface area contributed by atoms with Crippen LogP contribution in [0.15, 0.2) is 17.4 Å². The predicted octanol–water partition coefficient (Wildman–Crippen LogP) is 1.79. The van der Waals surface area contributed by atoms with E-state index < -0.39 is 0 Å². The summed E-state index contributed by atoms with van der Waals surface area (Å²) in [6, 6.07) is 0. The molecule has 0 saturated heterocycles. The summed E-state index contributed by atoms with van der Waals surface area (Å²) in [5, 5.41) is 11.8. The molecular weight excluding hydrogens is 296 g/mol. The van der Waals surface area contributed by atoms with Crippen LogP contribution in [0, 0.1) is 13.8 Å². The zero-order chi connectivity index (χ0) is 15.9. The minimum atomic E-state index is 0.613. The number of rotatable bonds is 6. The van der Waals surface area contributed by atoms with Gasteiger partial charge in [0.05, 0.1) is 18.4 Å². The van der Waals surface area contributed by atoms with E-state index in [9.17, 15) is 0 Å². The van der Waals surface area contributed by atoms with E-state index in [1.54, 1.807) is 11.3 Å². The Bertz CT molecular complexity index is 608. The third kappa shape index (κ3) is 4.84. The first-order valence-corrected chi connectivity index (χ1v) is 8.32. The molecule has 0 radical (unpaired) electrons. The Morgan fingerprint density at radius 3 is 2.77 bits per heavy atom. The Labute approximate surface area is 135 Å². The molecule has 0 amide bonds. The van der Waals surface area contributed by atoms with Gasteiger partial charge in [-0.25, -0.2) is 9.98 Å². The summed E-state index contributed by atoms with van der Waals surface area (Å²) in [5.41, 5.74) is 2.32. The first-order valence-electron chi connectivity index (χ1n) is 7.51. The van der Waals surface area contributed by atoms with Crippen LogP contribution in [0.3, 0.4) is 0 Å². The molecule has 2 aromatic heterocycles. The number of hydrogen-bond acceptors (Lipinski definition) is 4. The van der Waals surface area contributed by atoms with Gasteiger partial charge in [0, 0.05) is 31.2 Å². The number of aromatic nitrogens is 3. The summed E-state index contributed by atoms with van der Waals surface area (Å²) in [4.78, 5) is 10.4. The molecule has 2 aromatic rings. The van der Waals surface area contributed by atoms with Crippen LogP contribution in [0.4, 0.5) is 0 Å². The van der Waals surface area contributed by atoms with Crippen molar-refractivity contribution in [2.45, 2.75) is 33.7 Å². The highest BCUT2D eigenvalue weighted by Crippen LogP contribution is 2.16. The van der Waals surface area contributed by atoms with Gasteiger partial charge in [0.15, 0.2) is 5.96 Å². The number of aliphatic imine (C=N–C) groups is 1. The molecule has 0 unspecified atom stereocenters. The molecule has 0 aliphatic carbocycles. The average Bonchev–Trinajstić information content (AvgIpc) is 3.03. The fraction of sp³-hybridized carbons (Fsp3) is 0.533. The second kappa shape index (κ2) is 7.93. The Morgan fingerprint density at radius 1 is 1.36 bits per heavy atom. The zero-order valence-corrected chi connectivity index (χ0v) is 14.5. The zero-order valence-electron chi connectivity index (χ0n) is 13.7. The molecule has 0 bridgehead atoms. The number of nitrogens with one attached hydrogen (secondary N) is 2. The van der Waals surface area contributed by atoms with Crippen molar-refractivity contribution in [2.24, 2.45) is 12.0 Å². The molecule has 0 aliphatic heterocycles. The van der Waals surface area contributed by atoms with Crippen LogP contribution < -0.4 is 10.6 Å². The fourth-order valence-electron chi connectivity index (χ4n) is 2.02. The van der Waals surface area contributed by atoms with Crippen molar-refractivity contribution < 1.29 is 0 Å². The number of nitrogens with zero attached hydrogens (tertiary/aromatic N) is 4. The smallest absolute Gasteiger partial charge is 0.191 e. The van der Waals surface area contributed by atoms with E-state index in [0.717, 1.165) is 36.2 Å². The maximum absolute atomic E-state index is 4.60. The van der Waals surface area contributed by atoms with Crippen LogP contribution in [0.1, 0.15) is 28.1 Å². The quantitative estimate of drug-likeness (QED) is 0.629. The van der Waals surface area contributed by atoms with Gasteiger partial charge in [-0.1, -0.05) is 0 Å². The summed E-state index contributed by atoms with van der Waals surface area (Å²) < 4.78 is 1.82. The van der Waals surface area contributed by atoms with Gasteiger partial charge in [0.25, 0.3) is 0 Å². The minimum Gasteiger partial charge on any atom is -0.357 e. The van der Waals surface area contributed by atoms with E-state index in [4.69, 9.17) is 0 Å². The van der Waals surface area contributed by atoms with E-state index in [1.807, 2.05) is 31.0 Å². The monoisotopic (exact) mass is 320 g/mol. The van der Waals surface area contributed by atoms with Crippen molar-refractivity contribution in [3.8, 4) is 0 Å². The van der Waals surface area contributed by atoms with E-state index in [0.29, 0.717) is 6.54 Å². The van der Waals surface area contributed by atoms with Gasteiger partial charge in [0.2, 0.25) is 0 Å². The highest BCUT2D eigenvalue weighted by Gasteiger charge is 2.04. The van der Waals surface area contributed by atoms with Gasteiger partial charge >= 0.3 is 0 Å². The fourth-order valence-corrected chi connectivity index (χ4v) is 2.88. The number of guanidine groups is 1. The topological polar surface area (TPSA) is 67.1 Å². The Morgan fingerprint density at radius 2 is 2.18 bits per heavy atom. The van der Waals surface area contributed by atoms with E-state index in [1.165, 1.54) is 10.4 Å². The van der Waals surface area contributed by atoms with E-state index in [2.05, 4.69) is 39.6 Å². The molecule has 0 atom stereocenters. The van der Waals surface area contributed by atoms with Crippen molar-refractivity contribution in [1.82, 2.24) is 25.4 Å². The maximum atomic E-state index is 4.60. The first kappa shape index (κ1) is 16.5. The lowest BCUT2D eigenvalue weighted by molar-refractivity contribution is 0.765. The molecule has 0 aliphatic rings. The highest BCUT2D eigenvalue weighted by molar-refractivity contribution is 7.11. The van der Waals surface area contributed by atoms with Gasteiger partial charge in [-0.2, -0.15) is 5.10 Å². The van der Waals surface area contributed by atoms with Crippen molar-refractivity contribution in [3.05, 3.63) is 33.5 Å². The molecule has 2 N–H and O–H groups in total. The Hall–Kier alpha value is -1.89. The first-order chi connectivity index (χ1) is 10.6. The van der Waals surface area contributed by atoms with Crippen LogP contribution in [0.2, 0.25) is 0 Å². The largest absolute Gasteiger partial charge is 0.357 e. The summed E-state index contributed by atoms with van der Waals surface area (Å²) >= 11 is 1.71. The highest BCUT2D eigenvalue weighted by atomic mass is 32.1. The SMILES string of the molecule is CCNC(=NCc1nc(C)c(C)s1)NCCc1cnn(C)c1. The van der Waals surface area contributed by atoms with Crippen molar-refractivity contribution in [2.75, 3.05) is 13.1 Å². The van der Waals surface area contributed by atoms with Gasteiger partial charge in [0.1, 0.15) is 5.01 Å². The van der Waals surface area contributed by atoms with Crippen LogP contribution in [0.5, 0.6) is 0 Å². The summed E-state index contributed by atoms with van der Waals surface area (Å²) in [6.45, 7) is 8.48. The molecular formula is C15H24N6S. The van der Waals surface area contributed by atoms with Gasteiger partial charge in [-0.15, -0.1) is 11.3 Å². The van der Waals surface area contributed by atoms with E-state index >= 15 is 0 Å². The minimum absolute atomic E-state index is 0.613. The number of aryl methyl sites for hydroxylation is 3. The molecule has 0 saturated carbocycles. The Kier molecular flexibility index (Phi) is 5.94. The van der Waals surface area contributed by atoms with Gasteiger partial charge in [-0.05, 0) is 32.8 Å². The predicted molar refractivity (Wildman–Crippen MR) is 91.3 cm³/mol. The molecule has 0 fully saturated rings. The van der Waals surface area contributed by atoms with Crippen molar-refractivity contribution in [1.29, 1.82) is 0 Å². The summed E-state index contributed by atoms with van der Waals surface area (Å²) in [6.07, 6.45) is 4.85. The molecule has 120 valence electrons. The van der Waals surface area contributed by atoms with Crippen LogP contribution in [-0.2, 0) is 20.0 Å². The van der Waals surface area contributed by atoms with E-state index in [-0.39, 0.29) is 0 Å². The lowest BCUT2D eigenvalue weighted by Gasteiger charge is -2.10. The normalized spacial score (nSPS) is 11.7. The van der Waals surface area contributed by atoms with Crippen LogP contribution >= 0.6 is 11.3 Å². The summed E-state index contributed by atoms with van der Waals surface area (Å²) in [7, 11) is 1.93. The third-order valence-electron chi connectivity index (χ3n) is 3.25. The molecule has 6 nitrogen and oxygen atoms in total. The number of thiazole rings is 1. The lowest BCUT2D eigenvalue weighted by Crippen LogP contribution is -2.38. The molecule has 0 spiro atoms. The number of hydrogen-bond donors (Lipinski definition) is 2. The maximum Gasteiger partial charge on any atom is 0.191 e. The molecule has 0 aromatic carbocycles. The third-order valence-corrected chi connectivity index (χ3v) is 4.31. The van der Waals surface area contributed by atoms with Crippen molar-refractivity contribution in [3.63, 3.8) is 0 Å². The lowest BCUT2D eigenvalue weighted by atomic mass is 10.2. The van der Waals surface area contributed by atoms with Gasteiger partial charge < -0.3 is 10.6 Å². The second-order valence-electron chi connectivity index (χ2n) is 5.14. The van der Waals surface area contributed by atoms with Crippen molar-refractivity contribution >= 4 is 17.3 Å². The summed E-state index contributed by atoms with van der Waals surface area (Å²) in [5.74, 6) is 0.830. The Balaban J connectivity index is 1.86. The standard InChI is InChI=1S/C15H24N6S/c1-5-16-15(17-7-6-13-8-19-21(4)10-13)18-9-14-20-11(2)12(3)22-14/h8,10H,5-7,9H2,1-4H3,(H2,16,17,18). The molecule has 2 heterocycles. The molecule has 7 heteroatoms. The van der Waals surface area contributed by atoms with Gasteiger partial charge in [-0.3, -0.25) is 4.68 Å².